The lowest BCUT2D eigenvalue weighted by Gasteiger charge is -2.15. The summed E-state index contributed by atoms with van der Waals surface area (Å²) < 4.78 is 11.0. The highest BCUT2D eigenvalue weighted by Crippen LogP contribution is 2.31. The molecule has 4 nitrogen and oxygen atoms in total. The van der Waals surface area contributed by atoms with Crippen molar-refractivity contribution in [1.82, 2.24) is 4.90 Å². The lowest BCUT2D eigenvalue weighted by Crippen LogP contribution is -2.18. The van der Waals surface area contributed by atoms with E-state index in [0.29, 0.717) is 29.6 Å². The smallest absolute Gasteiger partial charge is 0.178 e. The molecule has 0 N–H and O–H groups in total. The van der Waals surface area contributed by atoms with Crippen LogP contribution in [0.25, 0.3) is 0 Å². The predicted molar refractivity (Wildman–Crippen MR) is 68.8 cm³/mol. The highest BCUT2D eigenvalue weighted by atomic mass is 16.5. The Balaban J connectivity index is 2.06. The number of hydrogen-bond acceptors (Lipinski definition) is 4. The first-order chi connectivity index (χ1) is 8.74. The molecular weight excluding hydrogens is 228 g/mol. The third kappa shape index (κ3) is 2.74. The predicted octanol–water partition coefficient (Wildman–Crippen LogP) is 1.90. The van der Waals surface area contributed by atoms with E-state index in [0.717, 1.165) is 19.5 Å². The Morgan fingerprint density at radius 2 is 2.33 bits per heavy atom. The van der Waals surface area contributed by atoms with Gasteiger partial charge in [-0.05, 0) is 32.1 Å². The monoisotopic (exact) mass is 246 g/mol. The number of benzene rings is 1. The van der Waals surface area contributed by atoms with Gasteiger partial charge in [0.25, 0.3) is 0 Å². The first kappa shape index (κ1) is 12.7. The van der Waals surface area contributed by atoms with Crippen LogP contribution >= 0.6 is 0 Å². The minimum Gasteiger partial charge on any atom is -0.493 e. The van der Waals surface area contributed by atoms with Crippen LogP contribution in [0.3, 0.4) is 0 Å². The molecule has 1 saturated heterocycles. The zero-order valence-electron chi connectivity index (χ0n) is 10.8. The fourth-order valence-corrected chi connectivity index (χ4v) is 2.28. The minimum atomic E-state index is 0.528. The zero-order chi connectivity index (χ0) is 13.0. The summed E-state index contributed by atoms with van der Waals surface area (Å²) in [5.74, 6) is 1.73. The van der Waals surface area contributed by atoms with Crippen molar-refractivity contribution in [3.8, 4) is 17.6 Å². The summed E-state index contributed by atoms with van der Waals surface area (Å²) in [6, 6.07) is 7.50. The molecule has 0 saturated carbocycles. The quantitative estimate of drug-likeness (QED) is 0.814. The van der Waals surface area contributed by atoms with Gasteiger partial charge in [-0.2, -0.15) is 5.26 Å². The SMILES string of the molecule is COc1cccc(C#N)c1OCC1CCN(C)C1. The summed E-state index contributed by atoms with van der Waals surface area (Å²) in [5.41, 5.74) is 0.528. The van der Waals surface area contributed by atoms with Crippen molar-refractivity contribution in [3.05, 3.63) is 23.8 Å². The summed E-state index contributed by atoms with van der Waals surface area (Å²) >= 11 is 0. The van der Waals surface area contributed by atoms with Crippen molar-refractivity contribution < 1.29 is 9.47 Å². The average molecular weight is 246 g/mol. The Morgan fingerprint density at radius 3 is 2.94 bits per heavy atom. The fraction of sp³-hybridized carbons (Fsp3) is 0.500. The molecule has 0 amide bonds. The van der Waals surface area contributed by atoms with E-state index >= 15 is 0 Å². The van der Waals surface area contributed by atoms with Crippen LogP contribution in [0.1, 0.15) is 12.0 Å². The van der Waals surface area contributed by atoms with Crippen LogP contribution in [-0.2, 0) is 0 Å². The molecule has 18 heavy (non-hydrogen) atoms. The maximum Gasteiger partial charge on any atom is 0.178 e. The van der Waals surface area contributed by atoms with Crippen LogP contribution < -0.4 is 9.47 Å². The molecule has 0 aliphatic carbocycles. The molecule has 1 aromatic rings. The Kier molecular flexibility index (Phi) is 4.06. The Bertz CT molecular complexity index is 454. The van der Waals surface area contributed by atoms with Crippen LogP contribution in [0.2, 0.25) is 0 Å². The van der Waals surface area contributed by atoms with Gasteiger partial charge in [-0.15, -0.1) is 0 Å². The molecule has 4 heteroatoms. The lowest BCUT2D eigenvalue weighted by atomic mass is 10.1. The Morgan fingerprint density at radius 1 is 1.50 bits per heavy atom. The van der Waals surface area contributed by atoms with Crippen molar-refractivity contribution in [1.29, 1.82) is 5.26 Å². The summed E-state index contributed by atoms with van der Waals surface area (Å²) in [6.07, 6.45) is 1.15. The van der Waals surface area contributed by atoms with Crippen LogP contribution in [0, 0.1) is 17.2 Å². The first-order valence-corrected chi connectivity index (χ1v) is 6.13. The van der Waals surface area contributed by atoms with Crippen molar-refractivity contribution in [2.45, 2.75) is 6.42 Å². The van der Waals surface area contributed by atoms with Gasteiger partial charge < -0.3 is 14.4 Å². The maximum atomic E-state index is 9.08. The third-order valence-electron chi connectivity index (χ3n) is 3.27. The number of ether oxygens (including phenoxy) is 2. The summed E-state index contributed by atoms with van der Waals surface area (Å²) in [5, 5.41) is 9.08. The van der Waals surface area contributed by atoms with Crippen molar-refractivity contribution in [2.24, 2.45) is 5.92 Å². The van der Waals surface area contributed by atoms with Crippen molar-refractivity contribution >= 4 is 0 Å². The van der Waals surface area contributed by atoms with E-state index < -0.39 is 0 Å². The van der Waals surface area contributed by atoms with Gasteiger partial charge in [0.05, 0.1) is 19.3 Å². The van der Waals surface area contributed by atoms with E-state index in [2.05, 4.69) is 18.0 Å². The molecule has 1 unspecified atom stereocenters. The molecule has 1 aliphatic rings. The van der Waals surface area contributed by atoms with E-state index in [4.69, 9.17) is 14.7 Å². The number of likely N-dealkylation sites (tertiary alicyclic amines) is 1. The Hall–Kier alpha value is -1.73. The Labute approximate surface area is 108 Å². The van der Waals surface area contributed by atoms with Gasteiger partial charge in [0.2, 0.25) is 0 Å². The maximum absolute atomic E-state index is 9.08. The third-order valence-corrected chi connectivity index (χ3v) is 3.27. The second-order valence-electron chi connectivity index (χ2n) is 4.68. The fourth-order valence-electron chi connectivity index (χ4n) is 2.28. The van der Waals surface area contributed by atoms with E-state index in [1.54, 1.807) is 19.2 Å². The molecule has 1 aliphatic heterocycles. The van der Waals surface area contributed by atoms with E-state index in [-0.39, 0.29) is 0 Å². The van der Waals surface area contributed by atoms with Gasteiger partial charge in [0.1, 0.15) is 6.07 Å². The molecule has 1 aromatic carbocycles. The number of hydrogen-bond donors (Lipinski definition) is 0. The number of rotatable bonds is 4. The lowest BCUT2D eigenvalue weighted by molar-refractivity contribution is 0.238. The summed E-state index contributed by atoms with van der Waals surface area (Å²) in [4.78, 5) is 2.29. The standard InChI is InChI=1S/C14H18N2O2/c1-16-7-6-11(9-16)10-18-14-12(8-15)4-3-5-13(14)17-2/h3-5,11H,6-7,9-10H2,1-2H3. The zero-order valence-corrected chi connectivity index (χ0v) is 10.8. The van der Waals surface area contributed by atoms with Crippen LogP contribution in [0.4, 0.5) is 0 Å². The molecule has 1 heterocycles. The van der Waals surface area contributed by atoms with Gasteiger partial charge in [-0.25, -0.2) is 0 Å². The second-order valence-corrected chi connectivity index (χ2v) is 4.68. The van der Waals surface area contributed by atoms with Crippen molar-refractivity contribution in [3.63, 3.8) is 0 Å². The number of para-hydroxylation sites is 1. The van der Waals surface area contributed by atoms with Crippen LogP contribution in [0.5, 0.6) is 11.5 Å². The molecule has 0 aromatic heterocycles. The van der Waals surface area contributed by atoms with E-state index in [1.165, 1.54) is 0 Å². The molecular formula is C14H18N2O2. The second kappa shape index (κ2) is 5.74. The van der Waals surface area contributed by atoms with Crippen molar-refractivity contribution in [2.75, 3.05) is 33.9 Å². The van der Waals surface area contributed by atoms with Gasteiger partial charge >= 0.3 is 0 Å². The molecule has 1 fully saturated rings. The normalized spacial score (nSPS) is 19.5. The van der Waals surface area contributed by atoms with E-state index in [1.807, 2.05) is 6.07 Å². The number of methoxy groups -OCH3 is 1. The highest BCUT2D eigenvalue weighted by molar-refractivity contribution is 5.52. The molecule has 2 rings (SSSR count). The van der Waals surface area contributed by atoms with Gasteiger partial charge in [-0.3, -0.25) is 0 Å². The summed E-state index contributed by atoms with van der Waals surface area (Å²) in [6.45, 7) is 2.81. The first-order valence-electron chi connectivity index (χ1n) is 6.13. The highest BCUT2D eigenvalue weighted by Gasteiger charge is 2.21. The largest absolute Gasteiger partial charge is 0.493 e. The molecule has 0 radical (unpaired) electrons. The summed E-state index contributed by atoms with van der Waals surface area (Å²) in [7, 11) is 3.70. The van der Waals surface area contributed by atoms with Gasteiger partial charge in [-0.1, -0.05) is 6.07 Å². The molecule has 0 bridgehead atoms. The van der Waals surface area contributed by atoms with E-state index in [9.17, 15) is 0 Å². The van der Waals surface area contributed by atoms with Crippen LogP contribution in [-0.4, -0.2) is 38.8 Å². The van der Waals surface area contributed by atoms with Gasteiger partial charge in [0.15, 0.2) is 11.5 Å². The average Bonchev–Trinajstić information content (AvgIpc) is 2.81. The minimum absolute atomic E-state index is 0.528. The molecule has 0 spiro atoms. The topological polar surface area (TPSA) is 45.5 Å². The van der Waals surface area contributed by atoms with Gasteiger partial charge in [0, 0.05) is 12.5 Å². The number of nitriles is 1. The number of nitrogens with zero attached hydrogens (tertiary/aromatic N) is 2. The molecule has 96 valence electrons. The molecule has 1 atom stereocenters. The van der Waals surface area contributed by atoms with Crippen LogP contribution in [0.15, 0.2) is 18.2 Å².